The van der Waals surface area contributed by atoms with Crippen LogP contribution in [0.25, 0.3) is 11.2 Å². The molecule has 4 rings (SSSR count). The number of aromatic nitrogens is 3. The molecule has 31 heavy (non-hydrogen) atoms. The molecule has 1 N–H and O–H groups in total. The van der Waals surface area contributed by atoms with Crippen LogP contribution in [0.1, 0.15) is 21.7 Å². The number of hydrogen-bond acceptors (Lipinski definition) is 5. The number of imidazole rings is 1. The number of nitro groups is 1. The Labute approximate surface area is 174 Å². The smallest absolute Gasteiger partial charge is 0.270 e. The molecule has 10 heteroatoms. The van der Waals surface area contributed by atoms with Gasteiger partial charge in [-0.05, 0) is 35.9 Å². The van der Waals surface area contributed by atoms with E-state index < -0.39 is 22.2 Å². The second kappa shape index (κ2) is 8.27. The maximum atomic E-state index is 14.0. The molecule has 8 nitrogen and oxygen atoms in total. The third kappa shape index (κ3) is 4.22. The number of nitrogens with zero attached hydrogens (tertiary/aromatic N) is 4. The minimum atomic E-state index is -0.871. The first-order valence-corrected chi connectivity index (χ1v) is 9.19. The fraction of sp³-hybridized carbons (Fsp3) is 0.0952. The molecule has 156 valence electrons. The fourth-order valence-corrected chi connectivity index (χ4v) is 3.13. The lowest BCUT2D eigenvalue weighted by Gasteiger charge is -2.10. The summed E-state index contributed by atoms with van der Waals surface area (Å²) in [5.74, 6) is -1.60. The molecule has 2 aromatic carbocycles. The Balaban J connectivity index is 1.61. The zero-order valence-corrected chi connectivity index (χ0v) is 16.0. The molecule has 1 amide bonds. The van der Waals surface area contributed by atoms with Crippen molar-refractivity contribution in [3.05, 3.63) is 99.5 Å². The Morgan fingerprint density at radius 2 is 1.90 bits per heavy atom. The van der Waals surface area contributed by atoms with Gasteiger partial charge in [0.25, 0.3) is 11.6 Å². The minimum Gasteiger partial charge on any atom is -0.345 e. The number of carbonyl (C=O) groups excluding carboxylic acids is 1. The van der Waals surface area contributed by atoms with Crippen LogP contribution in [0.2, 0.25) is 0 Å². The van der Waals surface area contributed by atoms with Crippen molar-refractivity contribution in [1.29, 1.82) is 0 Å². The molecule has 0 aliphatic rings. The first-order valence-electron chi connectivity index (χ1n) is 9.19. The van der Waals surface area contributed by atoms with E-state index in [9.17, 15) is 23.7 Å². The molecule has 0 aliphatic carbocycles. The predicted molar refractivity (Wildman–Crippen MR) is 107 cm³/mol. The molecule has 2 aromatic heterocycles. The quantitative estimate of drug-likeness (QED) is 0.377. The lowest BCUT2D eigenvalue weighted by Crippen LogP contribution is -2.26. The lowest BCUT2D eigenvalue weighted by molar-refractivity contribution is -0.384. The summed E-state index contributed by atoms with van der Waals surface area (Å²) in [4.78, 5) is 31.5. The SMILES string of the molecule is O=C(NCc1nc2cccnc2n1Cc1ccc(F)cc1)c1cc([N+](=O)[O-])ccc1F. The van der Waals surface area contributed by atoms with Gasteiger partial charge in [0.1, 0.15) is 23.0 Å². The number of benzene rings is 2. The van der Waals surface area contributed by atoms with Crippen LogP contribution in [0.3, 0.4) is 0 Å². The zero-order chi connectivity index (χ0) is 22.0. The molecule has 0 saturated heterocycles. The normalized spacial score (nSPS) is 10.9. The summed E-state index contributed by atoms with van der Waals surface area (Å²) < 4.78 is 29.0. The fourth-order valence-electron chi connectivity index (χ4n) is 3.13. The van der Waals surface area contributed by atoms with Crippen LogP contribution in [-0.4, -0.2) is 25.4 Å². The van der Waals surface area contributed by atoms with Gasteiger partial charge < -0.3 is 9.88 Å². The standard InChI is InChI=1S/C21H15F2N5O3/c22-14-5-3-13(4-6-14)12-27-19(26-18-2-1-9-24-20(18)27)11-25-21(29)16-10-15(28(30)31)7-8-17(16)23/h1-10H,11-12H2,(H,25,29). The Bertz CT molecular complexity index is 1290. The van der Waals surface area contributed by atoms with Gasteiger partial charge in [0.05, 0.1) is 23.6 Å². The molecule has 0 saturated carbocycles. The average Bonchev–Trinajstić information content (AvgIpc) is 3.11. The molecular formula is C21H15F2N5O3. The van der Waals surface area contributed by atoms with Gasteiger partial charge in [-0.3, -0.25) is 14.9 Å². The molecule has 0 aliphatic heterocycles. The number of carbonyl (C=O) groups is 1. The average molecular weight is 423 g/mol. The van der Waals surface area contributed by atoms with E-state index in [0.29, 0.717) is 23.5 Å². The van der Waals surface area contributed by atoms with E-state index in [0.717, 1.165) is 23.8 Å². The Kier molecular flexibility index (Phi) is 5.35. The van der Waals surface area contributed by atoms with Crippen LogP contribution < -0.4 is 5.32 Å². The minimum absolute atomic E-state index is 0.0709. The van der Waals surface area contributed by atoms with Crippen LogP contribution in [0, 0.1) is 21.7 Å². The molecule has 0 unspecified atom stereocenters. The van der Waals surface area contributed by atoms with Crippen molar-refractivity contribution < 1.29 is 18.5 Å². The topological polar surface area (TPSA) is 103 Å². The highest BCUT2D eigenvalue weighted by Gasteiger charge is 2.18. The molecule has 2 heterocycles. The third-order valence-corrected chi connectivity index (χ3v) is 4.65. The van der Waals surface area contributed by atoms with E-state index >= 15 is 0 Å². The number of halogens is 2. The number of nitrogens with one attached hydrogen (secondary N) is 1. The molecule has 0 atom stereocenters. The molecule has 0 fully saturated rings. The summed E-state index contributed by atoms with van der Waals surface area (Å²) >= 11 is 0. The van der Waals surface area contributed by atoms with Crippen molar-refractivity contribution in [2.24, 2.45) is 0 Å². The van der Waals surface area contributed by atoms with E-state index in [1.54, 1.807) is 35.0 Å². The van der Waals surface area contributed by atoms with Crippen molar-refractivity contribution in [3.63, 3.8) is 0 Å². The van der Waals surface area contributed by atoms with Gasteiger partial charge in [-0.1, -0.05) is 12.1 Å². The summed E-state index contributed by atoms with van der Waals surface area (Å²) in [5, 5.41) is 13.5. The van der Waals surface area contributed by atoms with Crippen LogP contribution in [0.5, 0.6) is 0 Å². The molecule has 0 spiro atoms. The molecular weight excluding hydrogens is 408 g/mol. The first-order chi connectivity index (χ1) is 14.9. The summed E-state index contributed by atoms with van der Waals surface area (Å²) in [6.45, 7) is 0.253. The number of rotatable bonds is 6. The molecule has 0 radical (unpaired) electrons. The van der Waals surface area contributed by atoms with Crippen molar-refractivity contribution in [1.82, 2.24) is 19.9 Å². The molecule has 0 bridgehead atoms. The van der Waals surface area contributed by atoms with E-state index in [-0.39, 0.29) is 18.0 Å². The number of hydrogen-bond donors (Lipinski definition) is 1. The van der Waals surface area contributed by atoms with Gasteiger partial charge in [-0.2, -0.15) is 0 Å². The van der Waals surface area contributed by atoms with Gasteiger partial charge >= 0.3 is 0 Å². The van der Waals surface area contributed by atoms with E-state index in [4.69, 9.17) is 0 Å². The van der Waals surface area contributed by atoms with Crippen LogP contribution >= 0.6 is 0 Å². The van der Waals surface area contributed by atoms with E-state index in [1.807, 2.05) is 0 Å². The number of non-ortho nitro benzene ring substituents is 1. The molecule has 4 aromatic rings. The number of fused-ring (bicyclic) bond motifs is 1. The number of nitro benzene ring substituents is 1. The van der Waals surface area contributed by atoms with E-state index in [1.165, 1.54) is 12.1 Å². The van der Waals surface area contributed by atoms with Crippen molar-refractivity contribution in [2.75, 3.05) is 0 Å². The third-order valence-electron chi connectivity index (χ3n) is 4.65. The predicted octanol–water partition coefficient (Wildman–Crippen LogP) is 3.60. The highest BCUT2D eigenvalue weighted by atomic mass is 19.1. The highest BCUT2D eigenvalue weighted by Crippen LogP contribution is 2.19. The van der Waals surface area contributed by atoms with Crippen molar-refractivity contribution in [2.45, 2.75) is 13.1 Å². The van der Waals surface area contributed by atoms with Crippen LogP contribution in [0.4, 0.5) is 14.5 Å². The van der Waals surface area contributed by atoms with Crippen molar-refractivity contribution >= 4 is 22.8 Å². The number of pyridine rings is 1. The van der Waals surface area contributed by atoms with Gasteiger partial charge in [-0.25, -0.2) is 18.7 Å². The maximum Gasteiger partial charge on any atom is 0.270 e. The highest BCUT2D eigenvalue weighted by molar-refractivity contribution is 5.95. The van der Waals surface area contributed by atoms with Crippen molar-refractivity contribution in [3.8, 4) is 0 Å². The lowest BCUT2D eigenvalue weighted by atomic mass is 10.1. The van der Waals surface area contributed by atoms with Gasteiger partial charge in [-0.15, -0.1) is 0 Å². The first kappa shape index (κ1) is 20.1. The van der Waals surface area contributed by atoms with Crippen LogP contribution in [0.15, 0.2) is 60.8 Å². The Hall–Kier alpha value is -4.21. The summed E-state index contributed by atoms with van der Waals surface area (Å²) in [5.41, 5.74) is 1.13. The maximum absolute atomic E-state index is 14.0. The summed E-state index contributed by atoms with van der Waals surface area (Å²) in [6.07, 6.45) is 1.60. The Morgan fingerprint density at radius 1 is 1.13 bits per heavy atom. The summed E-state index contributed by atoms with van der Waals surface area (Å²) in [7, 11) is 0. The number of amides is 1. The van der Waals surface area contributed by atoms with E-state index in [2.05, 4.69) is 15.3 Å². The second-order valence-electron chi connectivity index (χ2n) is 6.69. The van der Waals surface area contributed by atoms with Crippen LogP contribution in [-0.2, 0) is 13.1 Å². The zero-order valence-electron chi connectivity index (χ0n) is 16.0. The van der Waals surface area contributed by atoms with Gasteiger partial charge in [0, 0.05) is 18.3 Å². The second-order valence-corrected chi connectivity index (χ2v) is 6.69. The Morgan fingerprint density at radius 3 is 2.65 bits per heavy atom. The largest absolute Gasteiger partial charge is 0.345 e. The monoisotopic (exact) mass is 423 g/mol. The van der Waals surface area contributed by atoms with Gasteiger partial charge in [0.15, 0.2) is 5.65 Å². The summed E-state index contributed by atoms with van der Waals surface area (Å²) in [6, 6.07) is 12.2. The van der Waals surface area contributed by atoms with Gasteiger partial charge in [0.2, 0.25) is 0 Å².